The third-order valence-electron chi connectivity index (χ3n) is 3.14. The molecule has 21 heavy (non-hydrogen) atoms. The largest absolute Gasteiger partial charge is 0.241 e. The number of benzene rings is 2. The van der Waals surface area contributed by atoms with Gasteiger partial charge in [-0.05, 0) is 43.2 Å². The Morgan fingerprint density at radius 1 is 1.10 bits per heavy atom. The molecule has 2 aromatic carbocycles. The normalized spacial score (nSPS) is 13.1. The van der Waals surface area contributed by atoms with Gasteiger partial charge in [-0.1, -0.05) is 56.1 Å². The van der Waals surface area contributed by atoms with Crippen molar-refractivity contribution < 1.29 is 8.42 Å². The molecule has 1 unspecified atom stereocenters. The molecular weight excluding hydrogens is 418 g/mol. The summed E-state index contributed by atoms with van der Waals surface area (Å²) in [6.45, 7) is 3.61. The Bertz CT molecular complexity index is 760. The summed E-state index contributed by atoms with van der Waals surface area (Å²) in [6, 6.07) is 12.5. The Hall–Kier alpha value is -0.690. The van der Waals surface area contributed by atoms with Gasteiger partial charge in [-0.15, -0.1) is 0 Å². The van der Waals surface area contributed by atoms with Gasteiger partial charge in [0, 0.05) is 15.0 Å². The molecule has 6 heteroatoms. The van der Waals surface area contributed by atoms with Gasteiger partial charge in [0.15, 0.2) is 0 Å². The Kier molecular flexibility index (Phi) is 5.24. The summed E-state index contributed by atoms with van der Waals surface area (Å²) >= 11 is 6.76. The molecule has 0 aliphatic carbocycles. The lowest BCUT2D eigenvalue weighted by atomic mass is 10.1. The van der Waals surface area contributed by atoms with Gasteiger partial charge in [0.25, 0.3) is 0 Å². The van der Waals surface area contributed by atoms with Gasteiger partial charge in [-0.3, -0.25) is 0 Å². The number of rotatable bonds is 4. The molecular formula is C15H15Br2NO2S. The molecule has 1 atom stereocenters. The summed E-state index contributed by atoms with van der Waals surface area (Å²) in [5.41, 5.74) is 1.61. The molecule has 0 saturated carbocycles. The van der Waals surface area contributed by atoms with Gasteiger partial charge in [-0.25, -0.2) is 13.1 Å². The number of nitrogens with one attached hydrogen (secondary N) is 1. The highest BCUT2D eigenvalue weighted by Crippen LogP contribution is 2.26. The van der Waals surface area contributed by atoms with E-state index in [-0.39, 0.29) is 10.9 Å². The van der Waals surface area contributed by atoms with E-state index in [4.69, 9.17) is 0 Å². The van der Waals surface area contributed by atoms with Gasteiger partial charge in [0.05, 0.1) is 4.90 Å². The molecule has 0 amide bonds. The van der Waals surface area contributed by atoms with E-state index < -0.39 is 10.0 Å². The fraction of sp³-hybridized carbons (Fsp3) is 0.200. The third kappa shape index (κ3) is 3.94. The predicted octanol–water partition coefficient (Wildman–Crippen LogP) is 4.56. The van der Waals surface area contributed by atoms with Crippen LogP contribution in [0.25, 0.3) is 0 Å². The number of aryl methyl sites for hydroxylation is 1. The van der Waals surface area contributed by atoms with Gasteiger partial charge < -0.3 is 0 Å². The monoisotopic (exact) mass is 431 g/mol. The number of halogens is 2. The van der Waals surface area contributed by atoms with E-state index in [0.29, 0.717) is 5.56 Å². The average molecular weight is 433 g/mol. The first-order valence-corrected chi connectivity index (χ1v) is 9.41. The van der Waals surface area contributed by atoms with Crippen molar-refractivity contribution in [2.24, 2.45) is 0 Å². The molecule has 0 saturated heterocycles. The van der Waals surface area contributed by atoms with Crippen LogP contribution in [0.15, 0.2) is 56.3 Å². The van der Waals surface area contributed by atoms with Crippen molar-refractivity contribution in [1.29, 1.82) is 0 Å². The third-order valence-corrected chi connectivity index (χ3v) is 6.04. The summed E-state index contributed by atoms with van der Waals surface area (Å²) in [7, 11) is -3.58. The SMILES string of the molecule is Cc1ccc(Br)cc1S(=O)(=O)NC(C)c1ccccc1Br. The summed E-state index contributed by atoms with van der Waals surface area (Å²) in [5, 5.41) is 0. The van der Waals surface area contributed by atoms with Crippen LogP contribution in [0.4, 0.5) is 0 Å². The molecule has 0 fully saturated rings. The lowest BCUT2D eigenvalue weighted by Crippen LogP contribution is -2.27. The second-order valence-corrected chi connectivity index (χ2v) is 8.23. The maximum atomic E-state index is 12.6. The van der Waals surface area contributed by atoms with Crippen LogP contribution in [-0.4, -0.2) is 8.42 Å². The van der Waals surface area contributed by atoms with Crippen LogP contribution in [0.5, 0.6) is 0 Å². The molecule has 2 rings (SSSR count). The topological polar surface area (TPSA) is 46.2 Å². The van der Waals surface area contributed by atoms with Crippen molar-refractivity contribution in [2.45, 2.75) is 24.8 Å². The summed E-state index contributed by atoms with van der Waals surface area (Å²) in [4.78, 5) is 0.288. The molecule has 0 aliphatic rings. The van der Waals surface area contributed by atoms with Gasteiger partial charge in [0.2, 0.25) is 10.0 Å². The first-order valence-electron chi connectivity index (χ1n) is 6.34. The lowest BCUT2D eigenvalue weighted by Gasteiger charge is -2.17. The minimum absolute atomic E-state index is 0.288. The second kappa shape index (κ2) is 6.60. The fourth-order valence-electron chi connectivity index (χ4n) is 2.05. The lowest BCUT2D eigenvalue weighted by molar-refractivity contribution is 0.566. The molecule has 2 aromatic rings. The molecule has 0 heterocycles. The van der Waals surface area contributed by atoms with Crippen LogP contribution in [-0.2, 0) is 10.0 Å². The van der Waals surface area contributed by atoms with E-state index in [0.717, 1.165) is 14.5 Å². The van der Waals surface area contributed by atoms with Crippen LogP contribution < -0.4 is 4.72 Å². The summed E-state index contributed by atoms with van der Waals surface area (Å²) in [5.74, 6) is 0. The van der Waals surface area contributed by atoms with E-state index in [9.17, 15) is 8.42 Å². The van der Waals surface area contributed by atoms with Crippen molar-refractivity contribution in [3.63, 3.8) is 0 Å². The van der Waals surface area contributed by atoms with E-state index in [1.54, 1.807) is 19.1 Å². The van der Waals surface area contributed by atoms with Crippen LogP contribution in [0.2, 0.25) is 0 Å². The molecule has 0 radical (unpaired) electrons. The molecule has 112 valence electrons. The Labute approximate surface area is 142 Å². The minimum Gasteiger partial charge on any atom is -0.207 e. The standard InChI is InChI=1S/C15H15Br2NO2S/c1-10-7-8-12(16)9-15(10)21(19,20)18-11(2)13-5-3-4-6-14(13)17/h3-9,11,18H,1-2H3. The van der Waals surface area contributed by atoms with E-state index in [2.05, 4.69) is 36.6 Å². The Balaban J connectivity index is 2.34. The highest BCUT2D eigenvalue weighted by molar-refractivity contribution is 9.10. The quantitative estimate of drug-likeness (QED) is 0.769. The highest BCUT2D eigenvalue weighted by Gasteiger charge is 2.21. The van der Waals surface area contributed by atoms with E-state index in [1.165, 1.54) is 0 Å². The number of hydrogen-bond acceptors (Lipinski definition) is 2. The van der Waals surface area contributed by atoms with Crippen LogP contribution >= 0.6 is 31.9 Å². The van der Waals surface area contributed by atoms with E-state index in [1.807, 2.05) is 37.3 Å². The second-order valence-electron chi connectivity index (χ2n) is 4.77. The zero-order valence-electron chi connectivity index (χ0n) is 11.6. The van der Waals surface area contributed by atoms with Crippen molar-refractivity contribution >= 4 is 41.9 Å². The predicted molar refractivity (Wildman–Crippen MR) is 91.8 cm³/mol. The molecule has 0 bridgehead atoms. The van der Waals surface area contributed by atoms with Crippen molar-refractivity contribution in [1.82, 2.24) is 4.72 Å². The molecule has 0 aliphatic heterocycles. The zero-order valence-corrected chi connectivity index (χ0v) is 15.6. The average Bonchev–Trinajstić information content (AvgIpc) is 2.41. The highest BCUT2D eigenvalue weighted by atomic mass is 79.9. The molecule has 0 aromatic heterocycles. The van der Waals surface area contributed by atoms with Crippen LogP contribution in [0, 0.1) is 6.92 Å². The van der Waals surface area contributed by atoms with Gasteiger partial charge in [0.1, 0.15) is 0 Å². The van der Waals surface area contributed by atoms with Crippen molar-refractivity contribution in [3.05, 3.63) is 62.5 Å². The molecule has 1 N–H and O–H groups in total. The van der Waals surface area contributed by atoms with Gasteiger partial charge >= 0.3 is 0 Å². The van der Waals surface area contributed by atoms with Gasteiger partial charge in [-0.2, -0.15) is 0 Å². The van der Waals surface area contributed by atoms with Crippen molar-refractivity contribution in [2.75, 3.05) is 0 Å². The Morgan fingerprint density at radius 2 is 1.76 bits per heavy atom. The minimum atomic E-state index is -3.58. The van der Waals surface area contributed by atoms with Crippen molar-refractivity contribution in [3.8, 4) is 0 Å². The maximum absolute atomic E-state index is 12.6. The smallest absolute Gasteiger partial charge is 0.207 e. The first kappa shape index (κ1) is 16.7. The number of sulfonamides is 1. The summed E-state index contributed by atoms with van der Waals surface area (Å²) < 4.78 is 29.4. The summed E-state index contributed by atoms with van der Waals surface area (Å²) in [6.07, 6.45) is 0. The van der Waals surface area contributed by atoms with Crippen LogP contribution in [0.1, 0.15) is 24.1 Å². The Morgan fingerprint density at radius 3 is 2.43 bits per heavy atom. The fourth-order valence-corrected chi connectivity index (χ4v) is 4.68. The maximum Gasteiger partial charge on any atom is 0.241 e. The first-order chi connectivity index (χ1) is 9.81. The molecule has 0 spiro atoms. The zero-order chi connectivity index (χ0) is 15.6. The molecule has 3 nitrogen and oxygen atoms in total. The number of hydrogen-bond donors (Lipinski definition) is 1. The van der Waals surface area contributed by atoms with E-state index >= 15 is 0 Å². The van der Waals surface area contributed by atoms with Crippen LogP contribution in [0.3, 0.4) is 0 Å².